The monoisotopic (exact) mass is 603 g/mol. The molecule has 0 saturated carbocycles. The van der Waals surface area contributed by atoms with Crippen molar-refractivity contribution in [3.63, 3.8) is 0 Å². The van der Waals surface area contributed by atoms with Crippen LogP contribution in [0.2, 0.25) is 5.28 Å². The maximum absolute atomic E-state index is 12.5. The fourth-order valence-electron chi connectivity index (χ4n) is 4.59. The second kappa shape index (κ2) is 12.3. The van der Waals surface area contributed by atoms with Crippen LogP contribution in [0.1, 0.15) is 41.4 Å². The van der Waals surface area contributed by atoms with Crippen LogP contribution < -0.4 is 32.2 Å². The minimum absolute atomic E-state index is 0.113. The van der Waals surface area contributed by atoms with Crippen molar-refractivity contribution in [3.8, 4) is 5.75 Å². The van der Waals surface area contributed by atoms with Gasteiger partial charge in [0.2, 0.25) is 5.28 Å². The van der Waals surface area contributed by atoms with E-state index in [2.05, 4.69) is 41.0 Å². The van der Waals surface area contributed by atoms with Crippen LogP contribution in [0.25, 0.3) is 11.2 Å². The number of aromatic nitrogens is 6. The average molecular weight is 604 g/mol. The zero-order valence-corrected chi connectivity index (χ0v) is 23.4. The third-order valence-corrected chi connectivity index (χ3v) is 6.86. The highest BCUT2D eigenvalue weighted by molar-refractivity contribution is 6.28. The van der Waals surface area contributed by atoms with Crippen LogP contribution in [-0.2, 0) is 11.3 Å². The van der Waals surface area contributed by atoms with E-state index < -0.39 is 17.2 Å². The normalized spacial score (nSPS) is 14.8. The Hall–Kier alpha value is -5.21. The number of imidazole rings is 1. The first-order chi connectivity index (χ1) is 20.9. The van der Waals surface area contributed by atoms with Crippen molar-refractivity contribution in [2.75, 3.05) is 17.2 Å². The molecule has 15 heteroatoms. The van der Waals surface area contributed by atoms with Gasteiger partial charge in [-0.05, 0) is 72.8 Å². The number of anilines is 3. The summed E-state index contributed by atoms with van der Waals surface area (Å²) in [4.78, 5) is 58.6. The number of carbonyl (C=O) groups is 1. The van der Waals surface area contributed by atoms with Gasteiger partial charge in [-0.25, -0.2) is 9.78 Å². The van der Waals surface area contributed by atoms with E-state index in [1.54, 1.807) is 42.7 Å². The van der Waals surface area contributed by atoms with Crippen molar-refractivity contribution >= 4 is 46.0 Å². The van der Waals surface area contributed by atoms with E-state index in [9.17, 15) is 14.4 Å². The molecule has 0 bridgehead atoms. The highest BCUT2D eigenvalue weighted by Gasteiger charge is 2.21. The van der Waals surface area contributed by atoms with Gasteiger partial charge in [-0.15, -0.1) is 0 Å². The van der Waals surface area contributed by atoms with Gasteiger partial charge in [0.15, 0.2) is 22.7 Å². The van der Waals surface area contributed by atoms with Crippen LogP contribution in [0.4, 0.5) is 17.3 Å². The summed E-state index contributed by atoms with van der Waals surface area (Å²) < 4.78 is 7.78. The lowest BCUT2D eigenvalue weighted by molar-refractivity contribution is -0.0298. The van der Waals surface area contributed by atoms with E-state index in [1.807, 2.05) is 16.7 Å². The first kappa shape index (κ1) is 27.9. The van der Waals surface area contributed by atoms with E-state index in [0.717, 1.165) is 24.8 Å². The number of hydroxylamine groups is 1. The molecule has 1 atom stereocenters. The maximum Gasteiger partial charge on any atom is 0.327 e. The Morgan fingerprint density at radius 2 is 1.88 bits per heavy atom. The first-order valence-electron chi connectivity index (χ1n) is 13.4. The summed E-state index contributed by atoms with van der Waals surface area (Å²) in [6.07, 6.45) is 4.59. The topological polar surface area (TPSA) is 181 Å². The molecule has 5 N–H and O–H groups in total. The highest BCUT2D eigenvalue weighted by Crippen LogP contribution is 2.29. The van der Waals surface area contributed by atoms with Gasteiger partial charge >= 0.3 is 5.69 Å². The van der Waals surface area contributed by atoms with E-state index in [1.165, 1.54) is 6.07 Å². The van der Waals surface area contributed by atoms with Crippen LogP contribution in [0.15, 0.2) is 70.5 Å². The molecule has 0 aliphatic carbocycles. The second-order valence-corrected chi connectivity index (χ2v) is 10.1. The Morgan fingerprint density at radius 3 is 2.63 bits per heavy atom. The minimum Gasteiger partial charge on any atom is -0.379 e. The molecule has 1 amide bonds. The number of hydrogen-bond acceptors (Lipinski definition) is 10. The number of benzene rings is 2. The third-order valence-electron chi connectivity index (χ3n) is 6.69. The number of rotatable bonds is 9. The zero-order chi connectivity index (χ0) is 29.8. The Kier molecular flexibility index (Phi) is 8.02. The van der Waals surface area contributed by atoms with Crippen molar-refractivity contribution in [2.24, 2.45) is 0 Å². The summed E-state index contributed by atoms with van der Waals surface area (Å²) in [6.45, 7) is 1.14. The van der Waals surface area contributed by atoms with Gasteiger partial charge in [0.25, 0.3) is 11.5 Å². The number of fused-ring (bicyclic) bond motifs is 1. The number of ether oxygens (including phenoxy) is 1. The van der Waals surface area contributed by atoms with Crippen LogP contribution in [0, 0.1) is 0 Å². The SMILES string of the molecule is O=C(NOc1ccc(CNc2nc(Cl)nc3c2ncn3C2CCCCO2)cc1)c1ccc(Nc2cc(=O)[nH]c(=O)[nH]2)cc1. The quantitative estimate of drug-likeness (QED) is 0.123. The lowest BCUT2D eigenvalue weighted by Crippen LogP contribution is -2.26. The van der Waals surface area contributed by atoms with Gasteiger partial charge in [-0.1, -0.05) is 12.1 Å². The van der Waals surface area contributed by atoms with Crippen LogP contribution in [0.5, 0.6) is 5.75 Å². The van der Waals surface area contributed by atoms with Gasteiger partial charge in [0.1, 0.15) is 12.0 Å². The number of amides is 1. The molecule has 4 heterocycles. The van der Waals surface area contributed by atoms with E-state index in [-0.39, 0.29) is 17.3 Å². The van der Waals surface area contributed by atoms with Crippen LogP contribution in [-0.4, -0.2) is 42.0 Å². The van der Waals surface area contributed by atoms with Crippen molar-refractivity contribution in [2.45, 2.75) is 32.0 Å². The second-order valence-electron chi connectivity index (χ2n) is 9.72. The van der Waals surface area contributed by atoms with Crippen molar-refractivity contribution in [3.05, 3.63) is 98.2 Å². The van der Waals surface area contributed by atoms with Gasteiger partial charge in [-0.3, -0.25) is 24.1 Å². The number of carbonyl (C=O) groups excluding carboxylic acids is 1. The number of halogens is 1. The number of aromatic amines is 2. The van der Waals surface area contributed by atoms with Crippen molar-refractivity contribution in [1.82, 2.24) is 35.0 Å². The molecule has 0 spiro atoms. The Bertz CT molecular complexity index is 1840. The lowest BCUT2D eigenvalue weighted by atomic mass is 10.2. The standard InChI is InChI=1S/C28H26ClN9O5/c29-27-35-24(23-25(36-27)38(15-31-23)22-3-1-2-12-42-22)30-14-16-4-10-19(11-5-16)43-37-26(40)17-6-8-18(9-7-17)32-20-13-21(39)34-28(41)33-20/h4-11,13,15,22H,1-3,12,14H2,(H,37,40)(H,30,35,36)(H3,32,33,34,39,41). The first-order valence-corrected chi connectivity index (χ1v) is 13.8. The molecule has 43 heavy (non-hydrogen) atoms. The molecule has 2 aromatic carbocycles. The van der Waals surface area contributed by atoms with Gasteiger partial charge in [0.05, 0.1) is 6.33 Å². The Morgan fingerprint density at radius 1 is 1.07 bits per heavy atom. The molecule has 6 rings (SSSR count). The molecule has 0 radical (unpaired) electrons. The summed E-state index contributed by atoms with van der Waals surface area (Å²) in [5.74, 6) is 0.726. The minimum atomic E-state index is -0.627. The van der Waals surface area contributed by atoms with Crippen molar-refractivity contribution < 1.29 is 14.4 Å². The predicted octanol–water partition coefficient (Wildman–Crippen LogP) is 3.63. The van der Waals surface area contributed by atoms with E-state index >= 15 is 0 Å². The number of nitrogens with one attached hydrogen (secondary N) is 5. The van der Waals surface area contributed by atoms with Gasteiger partial charge in [0, 0.05) is 30.5 Å². The molecule has 1 aliphatic heterocycles. The molecule has 3 aromatic heterocycles. The lowest BCUT2D eigenvalue weighted by Gasteiger charge is -2.23. The van der Waals surface area contributed by atoms with E-state index in [0.29, 0.717) is 47.1 Å². The fraction of sp³-hybridized carbons (Fsp3) is 0.214. The summed E-state index contributed by atoms with van der Waals surface area (Å²) in [5.41, 5.74) is 4.32. The molecule has 1 unspecified atom stereocenters. The van der Waals surface area contributed by atoms with E-state index in [4.69, 9.17) is 21.2 Å². The molecular formula is C28H26ClN9O5. The molecule has 14 nitrogen and oxygen atoms in total. The number of nitrogens with zero attached hydrogens (tertiary/aromatic N) is 4. The fourth-order valence-corrected chi connectivity index (χ4v) is 4.75. The van der Waals surface area contributed by atoms with Crippen LogP contribution >= 0.6 is 11.6 Å². The summed E-state index contributed by atoms with van der Waals surface area (Å²) in [7, 11) is 0. The molecular weight excluding hydrogens is 578 g/mol. The molecule has 1 fully saturated rings. The highest BCUT2D eigenvalue weighted by atomic mass is 35.5. The third kappa shape index (κ3) is 6.66. The van der Waals surface area contributed by atoms with Gasteiger partial charge < -0.3 is 20.2 Å². The summed E-state index contributed by atoms with van der Waals surface area (Å²) in [6, 6.07) is 14.8. The average Bonchev–Trinajstić information content (AvgIpc) is 3.43. The number of H-pyrrole nitrogens is 2. The molecule has 1 saturated heterocycles. The smallest absolute Gasteiger partial charge is 0.327 e. The Labute approximate surface area is 248 Å². The van der Waals surface area contributed by atoms with Crippen molar-refractivity contribution in [1.29, 1.82) is 0 Å². The summed E-state index contributed by atoms with van der Waals surface area (Å²) >= 11 is 6.23. The molecule has 5 aromatic rings. The maximum atomic E-state index is 12.5. The summed E-state index contributed by atoms with van der Waals surface area (Å²) in [5, 5.41) is 6.28. The molecule has 220 valence electrons. The Balaban J connectivity index is 1.03. The number of hydrogen-bond donors (Lipinski definition) is 5. The zero-order valence-electron chi connectivity index (χ0n) is 22.6. The predicted molar refractivity (Wildman–Crippen MR) is 158 cm³/mol. The molecule has 1 aliphatic rings. The van der Waals surface area contributed by atoms with Gasteiger partial charge in [-0.2, -0.15) is 15.4 Å². The van der Waals surface area contributed by atoms with Crippen LogP contribution in [0.3, 0.4) is 0 Å². The largest absolute Gasteiger partial charge is 0.379 e.